The van der Waals surface area contributed by atoms with Gasteiger partial charge in [0.1, 0.15) is 0 Å². The maximum atomic E-state index is 8.97. The fourth-order valence-electron chi connectivity index (χ4n) is 1.81. The highest BCUT2D eigenvalue weighted by Crippen LogP contribution is 2.29. The molecule has 0 aliphatic carbocycles. The first-order chi connectivity index (χ1) is 5.57. The van der Waals surface area contributed by atoms with E-state index in [9.17, 15) is 0 Å². The van der Waals surface area contributed by atoms with Crippen LogP contribution in [0.2, 0.25) is 0 Å². The van der Waals surface area contributed by atoms with Crippen LogP contribution in [0.5, 0.6) is 0 Å². The minimum absolute atomic E-state index is 0.0947. The molecule has 0 saturated carbocycles. The molecule has 2 heteroatoms. The predicted octanol–water partition coefficient (Wildman–Crippen LogP) is 2.02. The summed E-state index contributed by atoms with van der Waals surface area (Å²) in [6.07, 6.45) is 2.23. The smallest absolute Gasteiger partial charge is 0.0700 e. The third-order valence-electron chi connectivity index (χ3n) is 2.73. The van der Waals surface area contributed by atoms with E-state index in [2.05, 4.69) is 31.7 Å². The quantitative estimate of drug-likeness (QED) is 0.596. The van der Waals surface area contributed by atoms with Crippen molar-refractivity contribution in [3.05, 3.63) is 0 Å². The van der Waals surface area contributed by atoms with Crippen LogP contribution in [0.15, 0.2) is 0 Å². The molecule has 12 heavy (non-hydrogen) atoms. The topological polar surface area (TPSA) is 27.0 Å². The predicted molar refractivity (Wildman–Crippen MR) is 49.7 cm³/mol. The molecule has 1 saturated heterocycles. The van der Waals surface area contributed by atoms with Gasteiger partial charge in [0.05, 0.1) is 11.5 Å². The van der Waals surface area contributed by atoms with E-state index in [-0.39, 0.29) is 5.41 Å². The number of piperidine rings is 1. The molecule has 1 rings (SSSR count). The van der Waals surface area contributed by atoms with Crippen molar-refractivity contribution in [2.45, 2.75) is 39.7 Å². The second kappa shape index (κ2) is 3.45. The highest BCUT2D eigenvalue weighted by atomic mass is 15.2. The number of likely N-dealkylation sites (tertiary alicyclic amines) is 1. The first kappa shape index (κ1) is 9.54. The van der Waals surface area contributed by atoms with Crippen molar-refractivity contribution in [3.8, 4) is 6.07 Å². The lowest BCUT2D eigenvalue weighted by Gasteiger charge is -2.38. The molecule has 0 amide bonds. The molecule has 1 heterocycles. The Morgan fingerprint density at radius 2 is 2.17 bits per heavy atom. The Morgan fingerprint density at radius 1 is 1.50 bits per heavy atom. The van der Waals surface area contributed by atoms with Gasteiger partial charge in [0.2, 0.25) is 0 Å². The van der Waals surface area contributed by atoms with Gasteiger partial charge in [-0.25, -0.2) is 0 Å². The summed E-state index contributed by atoms with van der Waals surface area (Å²) in [4.78, 5) is 2.40. The number of hydrogen-bond acceptors (Lipinski definition) is 2. The molecular weight excluding hydrogens is 148 g/mol. The summed E-state index contributed by atoms with van der Waals surface area (Å²) in [6.45, 7) is 8.57. The zero-order valence-corrected chi connectivity index (χ0v) is 8.30. The lowest BCUT2D eigenvalue weighted by molar-refractivity contribution is 0.113. The summed E-state index contributed by atoms with van der Waals surface area (Å²) in [6, 6.07) is 3.00. The monoisotopic (exact) mass is 166 g/mol. The fraction of sp³-hybridized carbons (Fsp3) is 0.900. The average molecular weight is 166 g/mol. The van der Waals surface area contributed by atoms with Crippen molar-refractivity contribution in [2.75, 3.05) is 13.1 Å². The van der Waals surface area contributed by atoms with Crippen LogP contribution >= 0.6 is 0 Å². The normalized spacial score (nSPS) is 31.9. The van der Waals surface area contributed by atoms with E-state index >= 15 is 0 Å². The van der Waals surface area contributed by atoms with Gasteiger partial charge in [-0.1, -0.05) is 0 Å². The van der Waals surface area contributed by atoms with Crippen LogP contribution < -0.4 is 0 Å². The summed E-state index contributed by atoms with van der Waals surface area (Å²) >= 11 is 0. The summed E-state index contributed by atoms with van der Waals surface area (Å²) in [5, 5.41) is 8.97. The molecule has 68 valence electrons. The Labute approximate surface area is 75.2 Å². The number of hydrogen-bond donors (Lipinski definition) is 0. The van der Waals surface area contributed by atoms with Gasteiger partial charge in [-0.05, 0) is 40.2 Å². The Hall–Kier alpha value is -0.550. The molecule has 0 N–H and O–H groups in total. The molecule has 0 aromatic rings. The SMILES string of the molecule is CC(C)N1CCCC(C)(C#N)C1. The molecule has 0 aromatic carbocycles. The molecule has 0 bridgehead atoms. The summed E-state index contributed by atoms with van der Waals surface area (Å²) < 4.78 is 0. The number of rotatable bonds is 1. The van der Waals surface area contributed by atoms with Gasteiger partial charge in [-0.2, -0.15) is 5.26 Å². The van der Waals surface area contributed by atoms with Gasteiger partial charge in [-0.15, -0.1) is 0 Å². The second-order valence-electron chi connectivity index (χ2n) is 4.34. The van der Waals surface area contributed by atoms with Crippen molar-refractivity contribution in [1.82, 2.24) is 4.90 Å². The summed E-state index contributed by atoms with van der Waals surface area (Å²) in [5.74, 6) is 0. The minimum Gasteiger partial charge on any atom is -0.299 e. The average Bonchev–Trinajstić information content (AvgIpc) is 2.05. The maximum Gasteiger partial charge on any atom is 0.0700 e. The maximum absolute atomic E-state index is 8.97. The van der Waals surface area contributed by atoms with Gasteiger partial charge in [0.15, 0.2) is 0 Å². The molecule has 0 aromatic heterocycles. The Balaban J connectivity index is 2.58. The largest absolute Gasteiger partial charge is 0.299 e. The van der Waals surface area contributed by atoms with Crippen LogP contribution in [0, 0.1) is 16.7 Å². The van der Waals surface area contributed by atoms with Crippen LogP contribution in [0.4, 0.5) is 0 Å². The Morgan fingerprint density at radius 3 is 2.67 bits per heavy atom. The molecule has 1 unspecified atom stereocenters. The number of nitriles is 1. The molecule has 0 radical (unpaired) electrons. The first-order valence-electron chi connectivity index (χ1n) is 4.73. The lowest BCUT2D eigenvalue weighted by atomic mass is 9.83. The minimum atomic E-state index is -0.0947. The molecule has 1 atom stereocenters. The summed E-state index contributed by atoms with van der Waals surface area (Å²) in [7, 11) is 0. The fourth-order valence-corrected chi connectivity index (χ4v) is 1.81. The molecule has 0 spiro atoms. The zero-order chi connectivity index (χ0) is 9.19. The van der Waals surface area contributed by atoms with E-state index in [0.29, 0.717) is 6.04 Å². The summed E-state index contributed by atoms with van der Waals surface area (Å²) in [5.41, 5.74) is -0.0947. The Kier molecular flexibility index (Phi) is 2.74. The molecule has 2 nitrogen and oxygen atoms in total. The van der Waals surface area contributed by atoms with Gasteiger partial charge in [-0.3, -0.25) is 4.90 Å². The van der Waals surface area contributed by atoms with Crippen LogP contribution in [-0.2, 0) is 0 Å². The zero-order valence-electron chi connectivity index (χ0n) is 8.30. The van der Waals surface area contributed by atoms with Crippen LogP contribution in [0.1, 0.15) is 33.6 Å². The van der Waals surface area contributed by atoms with E-state index in [1.807, 2.05) is 0 Å². The Bertz CT molecular complexity index is 193. The van der Waals surface area contributed by atoms with Crippen LogP contribution in [-0.4, -0.2) is 24.0 Å². The van der Waals surface area contributed by atoms with Crippen molar-refractivity contribution in [1.29, 1.82) is 5.26 Å². The first-order valence-corrected chi connectivity index (χ1v) is 4.73. The highest BCUT2D eigenvalue weighted by Gasteiger charge is 2.31. The van der Waals surface area contributed by atoms with Crippen molar-refractivity contribution >= 4 is 0 Å². The van der Waals surface area contributed by atoms with Crippen molar-refractivity contribution < 1.29 is 0 Å². The molecular formula is C10H18N2. The van der Waals surface area contributed by atoms with E-state index < -0.39 is 0 Å². The van der Waals surface area contributed by atoms with Gasteiger partial charge >= 0.3 is 0 Å². The molecule has 1 aliphatic heterocycles. The second-order valence-corrected chi connectivity index (χ2v) is 4.34. The van der Waals surface area contributed by atoms with Gasteiger partial charge in [0, 0.05) is 12.6 Å². The van der Waals surface area contributed by atoms with Gasteiger partial charge < -0.3 is 0 Å². The van der Waals surface area contributed by atoms with Gasteiger partial charge in [0.25, 0.3) is 0 Å². The third-order valence-corrected chi connectivity index (χ3v) is 2.73. The van der Waals surface area contributed by atoms with E-state index in [4.69, 9.17) is 5.26 Å². The van der Waals surface area contributed by atoms with E-state index in [1.165, 1.54) is 6.42 Å². The van der Waals surface area contributed by atoms with Crippen molar-refractivity contribution in [2.24, 2.45) is 5.41 Å². The highest BCUT2D eigenvalue weighted by molar-refractivity contribution is 5.00. The number of nitrogens with zero attached hydrogens (tertiary/aromatic N) is 2. The van der Waals surface area contributed by atoms with Crippen molar-refractivity contribution in [3.63, 3.8) is 0 Å². The molecule has 1 fully saturated rings. The lowest BCUT2D eigenvalue weighted by Crippen LogP contribution is -2.44. The standard InChI is InChI=1S/C10H18N2/c1-9(2)12-6-4-5-10(3,7-11)8-12/h9H,4-6,8H2,1-3H3. The van der Waals surface area contributed by atoms with E-state index in [1.54, 1.807) is 0 Å². The molecule has 1 aliphatic rings. The van der Waals surface area contributed by atoms with Crippen LogP contribution in [0.3, 0.4) is 0 Å². The van der Waals surface area contributed by atoms with E-state index in [0.717, 1.165) is 19.5 Å². The van der Waals surface area contributed by atoms with Crippen LogP contribution in [0.25, 0.3) is 0 Å². The third kappa shape index (κ3) is 1.98.